The number of H-pyrrole nitrogens is 3. The number of nitrogens with two attached hydrogens (primary N) is 1. The third kappa shape index (κ3) is 2.58. The van der Waals surface area contributed by atoms with Gasteiger partial charge in [-0.1, -0.05) is 0 Å². The maximum absolute atomic E-state index is 10.2. The first-order valence-electron chi connectivity index (χ1n) is 4.84. The number of nitrogens with zero attached hydrogens (tertiary/aromatic N) is 3. The van der Waals surface area contributed by atoms with Crippen LogP contribution in [0.5, 0.6) is 0 Å². The molecule has 92 valence electrons. The smallest absolute Gasteiger partial charge is 0.325 e. The van der Waals surface area contributed by atoms with Crippen molar-refractivity contribution in [2.45, 2.75) is 0 Å². The highest BCUT2D eigenvalue weighted by Gasteiger charge is 1.99. The van der Waals surface area contributed by atoms with Crippen LogP contribution in [0, 0.1) is 0 Å². The average molecular weight is 247 g/mol. The molecule has 0 saturated carbocycles. The van der Waals surface area contributed by atoms with E-state index in [1.165, 1.54) is 24.9 Å². The summed E-state index contributed by atoms with van der Waals surface area (Å²) < 4.78 is 0. The number of fused-ring (bicyclic) bond motifs is 1. The van der Waals surface area contributed by atoms with Crippen LogP contribution in [0.25, 0.3) is 11.2 Å². The summed E-state index contributed by atoms with van der Waals surface area (Å²) in [5.41, 5.74) is 5.92. The van der Waals surface area contributed by atoms with E-state index in [9.17, 15) is 9.59 Å². The highest BCUT2D eigenvalue weighted by molar-refractivity contribution is 5.80. The molecule has 3 aromatic heterocycles. The van der Waals surface area contributed by atoms with Crippen molar-refractivity contribution in [1.82, 2.24) is 29.9 Å². The summed E-state index contributed by atoms with van der Waals surface area (Å²) in [6.07, 6.45) is 4.22. The highest BCUT2D eigenvalue weighted by atomic mass is 16.2. The fourth-order valence-electron chi connectivity index (χ4n) is 1.17. The second kappa shape index (κ2) is 4.91. The summed E-state index contributed by atoms with van der Waals surface area (Å²) in [7, 11) is 0. The van der Waals surface area contributed by atoms with Crippen LogP contribution in [0.1, 0.15) is 0 Å². The van der Waals surface area contributed by atoms with Crippen molar-refractivity contribution in [3.8, 4) is 0 Å². The van der Waals surface area contributed by atoms with Gasteiger partial charge in [0.15, 0.2) is 11.5 Å². The van der Waals surface area contributed by atoms with Crippen LogP contribution < -0.4 is 17.0 Å². The van der Waals surface area contributed by atoms with E-state index in [0.717, 1.165) is 0 Å². The molecule has 3 heterocycles. The van der Waals surface area contributed by atoms with E-state index in [1.807, 2.05) is 4.98 Å². The summed E-state index contributed by atoms with van der Waals surface area (Å²) >= 11 is 0. The van der Waals surface area contributed by atoms with Gasteiger partial charge in [-0.2, -0.15) is 0 Å². The molecule has 0 aliphatic carbocycles. The van der Waals surface area contributed by atoms with Crippen molar-refractivity contribution in [3.05, 3.63) is 45.8 Å². The number of nitrogen functional groups attached to an aromatic ring is 1. The van der Waals surface area contributed by atoms with Gasteiger partial charge in [0.1, 0.15) is 11.8 Å². The highest BCUT2D eigenvalue weighted by Crippen LogP contribution is 2.09. The summed E-state index contributed by atoms with van der Waals surface area (Å²) in [6.45, 7) is 0. The van der Waals surface area contributed by atoms with Crippen LogP contribution in [0.4, 0.5) is 5.82 Å². The first-order chi connectivity index (χ1) is 8.66. The summed E-state index contributed by atoms with van der Waals surface area (Å²) in [5, 5.41) is 0. The summed E-state index contributed by atoms with van der Waals surface area (Å²) in [6, 6.07) is 1.24. The fraction of sp³-hybridized carbons (Fsp3) is 0. The Balaban J connectivity index is 0.000000138. The molecule has 0 unspecified atom stereocenters. The van der Waals surface area contributed by atoms with Crippen LogP contribution in [0.3, 0.4) is 0 Å². The van der Waals surface area contributed by atoms with Crippen LogP contribution in [-0.2, 0) is 0 Å². The van der Waals surface area contributed by atoms with Crippen LogP contribution in [0.2, 0.25) is 0 Å². The largest absolute Gasteiger partial charge is 0.382 e. The van der Waals surface area contributed by atoms with Crippen molar-refractivity contribution >= 4 is 17.0 Å². The zero-order valence-electron chi connectivity index (χ0n) is 9.04. The Labute approximate surface area is 99.1 Å². The second-order valence-corrected chi connectivity index (χ2v) is 3.16. The zero-order chi connectivity index (χ0) is 13.0. The number of anilines is 1. The molecule has 0 spiro atoms. The van der Waals surface area contributed by atoms with Gasteiger partial charge >= 0.3 is 5.69 Å². The molecule has 5 N–H and O–H groups in total. The van der Waals surface area contributed by atoms with Crippen LogP contribution >= 0.6 is 0 Å². The molecule has 0 atom stereocenters. The minimum Gasteiger partial charge on any atom is -0.382 e. The number of rotatable bonds is 0. The Morgan fingerprint density at radius 3 is 2.56 bits per heavy atom. The molecule has 0 aliphatic heterocycles. The predicted molar refractivity (Wildman–Crippen MR) is 63.8 cm³/mol. The van der Waals surface area contributed by atoms with Gasteiger partial charge in [0.2, 0.25) is 0 Å². The molecule has 9 nitrogen and oxygen atoms in total. The number of aromatic nitrogens is 6. The lowest BCUT2D eigenvalue weighted by atomic mass is 10.5. The van der Waals surface area contributed by atoms with Gasteiger partial charge in [0, 0.05) is 12.3 Å². The molecule has 0 bridgehead atoms. The van der Waals surface area contributed by atoms with Crippen LogP contribution in [-0.4, -0.2) is 29.9 Å². The summed E-state index contributed by atoms with van der Waals surface area (Å²) in [4.78, 5) is 39.0. The Morgan fingerprint density at radius 1 is 1.11 bits per heavy atom. The van der Waals surface area contributed by atoms with Crippen molar-refractivity contribution in [3.63, 3.8) is 0 Å². The lowest BCUT2D eigenvalue weighted by molar-refractivity contribution is 1.04. The average Bonchev–Trinajstić information content (AvgIpc) is 2.79. The van der Waals surface area contributed by atoms with Gasteiger partial charge in [-0.05, 0) is 0 Å². The molecule has 0 aromatic carbocycles. The number of imidazole rings is 1. The van der Waals surface area contributed by atoms with Gasteiger partial charge in [0.25, 0.3) is 5.56 Å². The number of nitrogens with one attached hydrogen (secondary N) is 3. The normalized spacial score (nSPS) is 9.78. The lowest BCUT2D eigenvalue weighted by Crippen LogP contribution is -2.19. The molecule has 9 heteroatoms. The van der Waals surface area contributed by atoms with E-state index in [1.54, 1.807) is 0 Å². The Hall–Kier alpha value is -2.97. The maximum Gasteiger partial charge on any atom is 0.325 e. The van der Waals surface area contributed by atoms with Crippen molar-refractivity contribution in [2.24, 2.45) is 0 Å². The Morgan fingerprint density at radius 2 is 1.94 bits per heavy atom. The van der Waals surface area contributed by atoms with Gasteiger partial charge < -0.3 is 15.7 Å². The molecule has 18 heavy (non-hydrogen) atoms. The number of hydrogen-bond acceptors (Lipinski definition) is 6. The minimum absolute atomic E-state index is 0.381. The molecule has 3 aromatic rings. The fourth-order valence-corrected chi connectivity index (χ4v) is 1.17. The van der Waals surface area contributed by atoms with E-state index >= 15 is 0 Å². The van der Waals surface area contributed by atoms with Crippen LogP contribution in [0.15, 0.2) is 34.5 Å². The molecular weight excluding hydrogens is 238 g/mol. The zero-order valence-corrected chi connectivity index (χ0v) is 9.04. The lowest BCUT2D eigenvalue weighted by Gasteiger charge is -1.89. The van der Waals surface area contributed by atoms with E-state index < -0.39 is 5.69 Å². The van der Waals surface area contributed by atoms with Gasteiger partial charge in [-0.15, -0.1) is 0 Å². The van der Waals surface area contributed by atoms with E-state index in [2.05, 4.69) is 24.9 Å². The summed E-state index contributed by atoms with van der Waals surface area (Å²) in [5.74, 6) is 0.433. The number of aromatic amines is 3. The predicted octanol–water partition coefficient (Wildman–Crippen LogP) is -1.00. The first-order valence-corrected chi connectivity index (χ1v) is 4.84. The van der Waals surface area contributed by atoms with Gasteiger partial charge in [0.05, 0.1) is 6.33 Å². The third-order valence-corrected chi connectivity index (χ3v) is 1.94. The Kier molecular flexibility index (Phi) is 3.14. The SMILES string of the molecule is Nc1ncnc2nc[nH]c12.O=c1cc[nH]c(=O)[nH]1. The quantitative estimate of drug-likeness (QED) is 0.400. The molecule has 3 rings (SSSR count). The standard InChI is InChI=1S/C5H5N5.C4H4N2O2/c6-4-3-5(9-1-7-3)10-2-8-4;7-3-1-2-5-4(8)6-3/h1-2H,(H3,6,7,8,9,10);1-2H,(H2,5,6,7,8). The molecule has 0 aliphatic rings. The Bertz CT molecular complexity index is 731. The molecule has 0 amide bonds. The van der Waals surface area contributed by atoms with E-state index in [0.29, 0.717) is 17.0 Å². The molecule has 0 saturated heterocycles. The first kappa shape index (κ1) is 11.5. The third-order valence-electron chi connectivity index (χ3n) is 1.94. The minimum atomic E-state index is -0.475. The van der Waals surface area contributed by atoms with Crippen molar-refractivity contribution in [1.29, 1.82) is 0 Å². The maximum atomic E-state index is 10.2. The van der Waals surface area contributed by atoms with Gasteiger partial charge in [-0.3, -0.25) is 9.78 Å². The monoisotopic (exact) mass is 247 g/mol. The van der Waals surface area contributed by atoms with Crippen molar-refractivity contribution < 1.29 is 0 Å². The topological polar surface area (TPSA) is 146 Å². The number of hydrogen-bond donors (Lipinski definition) is 4. The second-order valence-electron chi connectivity index (χ2n) is 3.16. The van der Waals surface area contributed by atoms with Crippen molar-refractivity contribution in [2.75, 3.05) is 5.73 Å². The molecular formula is C9H9N7O2. The molecule has 0 radical (unpaired) electrons. The van der Waals surface area contributed by atoms with Gasteiger partial charge in [-0.25, -0.2) is 19.7 Å². The molecule has 0 fully saturated rings. The van der Waals surface area contributed by atoms with E-state index in [4.69, 9.17) is 5.73 Å². The van der Waals surface area contributed by atoms with E-state index in [-0.39, 0.29) is 5.56 Å².